The van der Waals surface area contributed by atoms with E-state index < -0.39 is 0 Å². The van der Waals surface area contributed by atoms with Gasteiger partial charge >= 0.3 is 0 Å². The van der Waals surface area contributed by atoms with Crippen LogP contribution in [-0.2, 0) is 22.4 Å². The zero-order valence-corrected chi connectivity index (χ0v) is 22.5. The fraction of sp³-hybridized carbons (Fsp3) is 0.333. The van der Waals surface area contributed by atoms with Crippen LogP contribution in [0.25, 0.3) is 0 Å². The van der Waals surface area contributed by atoms with Gasteiger partial charge in [0.2, 0.25) is 11.7 Å². The molecule has 0 spiro atoms. The average Bonchev–Trinajstić information content (AvgIpc) is 3.13. The summed E-state index contributed by atoms with van der Waals surface area (Å²) in [5, 5.41) is 2.98. The molecular weight excluding hydrogens is 498 g/mol. The molecule has 9 nitrogen and oxygen atoms in total. The van der Waals surface area contributed by atoms with Gasteiger partial charge in [0, 0.05) is 24.3 Å². The molecule has 0 unspecified atom stereocenters. The van der Waals surface area contributed by atoms with E-state index in [4.69, 9.17) is 18.9 Å². The number of hydrogen-bond acceptors (Lipinski definition) is 7. The highest BCUT2D eigenvalue weighted by atomic mass is 16.5. The number of carbonyl (C=O) groups excluding carboxylic acids is 2. The first-order valence-corrected chi connectivity index (χ1v) is 13.0. The van der Waals surface area contributed by atoms with Gasteiger partial charge in [0.1, 0.15) is 0 Å². The number of morpholine rings is 1. The van der Waals surface area contributed by atoms with Gasteiger partial charge in [0.05, 0.1) is 52.5 Å². The number of aryl methyl sites for hydroxylation is 2. The number of hydrogen-bond donors (Lipinski definition) is 1. The second-order valence-corrected chi connectivity index (χ2v) is 9.46. The number of fused-ring (bicyclic) bond motifs is 2. The lowest BCUT2D eigenvalue weighted by molar-refractivity contribution is -0.120. The summed E-state index contributed by atoms with van der Waals surface area (Å²) in [5.74, 6) is 0.838. The minimum absolute atomic E-state index is 0.0133. The molecule has 2 aliphatic rings. The first-order valence-electron chi connectivity index (χ1n) is 13.0. The number of nitrogens with zero attached hydrogens (tertiary/aromatic N) is 2. The molecule has 1 fully saturated rings. The third kappa shape index (κ3) is 5.55. The minimum Gasteiger partial charge on any atom is -0.493 e. The molecule has 0 saturated carbocycles. The molecule has 204 valence electrons. The van der Waals surface area contributed by atoms with E-state index in [1.807, 2.05) is 41.3 Å². The number of benzene rings is 3. The summed E-state index contributed by atoms with van der Waals surface area (Å²) in [5.41, 5.74) is 4.75. The average molecular weight is 532 g/mol. The van der Waals surface area contributed by atoms with E-state index in [2.05, 4.69) is 16.3 Å². The Bertz CT molecular complexity index is 1340. The second-order valence-electron chi connectivity index (χ2n) is 9.46. The SMILES string of the molecule is COc1cc(C(=O)Nc2ccc3c(c2)N(C(=O)CN2CCOCC2)c2ccccc2CC3)cc(OC)c1OC. The van der Waals surface area contributed by atoms with Crippen molar-refractivity contribution in [2.75, 3.05) is 64.4 Å². The lowest BCUT2D eigenvalue weighted by Crippen LogP contribution is -2.43. The molecule has 39 heavy (non-hydrogen) atoms. The molecule has 1 N–H and O–H groups in total. The van der Waals surface area contributed by atoms with Crippen molar-refractivity contribution < 1.29 is 28.5 Å². The maximum Gasteiger partial charge on any atom is 0.255 e. The Balaban J connectivity index is 1.47. The molecule has 2 amide bonds. The normalized spacial score (nSPS) is 15.0. The second kappa shape index (κ2) is 11.8. The van der Waals surface area contributed by atoms with Gasteiger partial charge in [-0.2, -0.15) is 0 Å². The Morgan fingerprint density at radius 3 is 2.18 bits per heavy atom. The predicted octanol–water partition coefficient (Wildman–Crippen LogP) is 4.06. The van der Waals surface area contributed by atoms with Crippen LogP contribution in [0.4, 0.5) is 17.1 Å². The van der Waals surface area contributed by atoms with Crippen molar-refractivity contribution in [1.82, 2.24) is 4.90 Å². The Kier molecular flexibility index (Phi) is 7.99. The van der Waals surface area contributed by atoms with Crippen LogP contribution < -0.4 is 24.4 Å². The smallest absolute Gasteiger partial charge is 0.255 e. The van der Waals surface area contributed by atoms with E-state index in [1.54, 1.807) is 12.1 Å². The van der Waals surface area contributed by atoms with Crippen LogP contribution in [0.1, 0.15) is 21.5 Å². The van der Waals surface area contributed by atoms with Crippen LogP contribution in [0.5, 0.6) is 17.2 Å². The molecule has 5 rings (SSSR count). The van der Waals surface area contributed by atoms with Crippen LogP contribution in [-0.4, -0.2) is 70.9 Å². The van der Waals surface area contributed by atoms with E-state index >= 15 is 0 Å². The number of ether oxygens (including phenoxy) is 4. The zero-order chi connectivity index (χ0) is 27.4. The molecule has 1 saturated heterocycles. The van der Waals surface area contributed by atoms with Crippen molar-refractivity contribution in [3.05, 3.63) is 71.3 Å². The predicted molar refractivity (Wildman–Crippen MR) is 149 cm³/mol. The highest BCUT2D eigenvalue weighted by molar-refractivity contribution is 6.07. The molecule has 0 atom stereocenters. The molecule has 2 aliphatic heterocycles. The molecule has 3 aromatic rings. The summed E-state index contributed by atoms with van der Waals surface area (Å²) in [4.78, 5) is 31.0. The van der Waals surface area contributed by atoms with Crippen molar-refractivity contribution >= 4 is 28.9 Å². The molecular formula is C30H33N3O6. The van der Waals surface area contributed by atoms with E-state index in [0.717, 1.165) is 48.4 Å². The number of amides is 2. The first-order chi connectivity index (χ1) is 19.0. The van der Waals surface area contributed by atoms with E-state index in [0.29, 0.717) is 48.3 Å². The molecule has 0 aromatic heterocycles. The number of nitrogens with one attached hydrogen (secondary N) is 1. The summed E-state index contributed by atoms with van der Waals surface area (Å²) >= 11 is 0. The van der Waals surface area contributed by atoms with E-state index in [-0.39, 0.29) is 11.8 Å². The van der Waals surface area contributed by atoms with Gasteiger partial charge in [-0.3, -0.25) is 19.4 Å². The number of anilines is 3. The van der Waals surface area contributed by atoms with Crippen molar-refractivity contribution in [3.63, 3.8) is 0 Å². The quantitative estimate of drug-likeness (QED) is 0.492. The van der Waals surface area contributed by atoms with E-state index in [9.17, 15) is 9.59 Å². The summed E-state index contributed by atoms with van der Waals surface area (Å²) in [6.45, 7) is 2.98. The Morgan fingerprint density at radius 2 is 1.51 bits per heavy atom. The minimum atomic E-state index is -0.339. The van der Waals surface area contributed by atoms with Crippen molar-refractivity contribution in [2.45, 2.75) is 12.8 Å². The Morgan fingerprint density at radius 1 is 0.846 bits per heavy atom. The highest BCUT2D eigenvalue weighted by Crippen LogP contribution is 2.40. The summed E-state index contributed by atoms with van der Waals surface area (Å²) in [6.07, 6.45) is 1.61. The van der Waals surface area contributed by atoms with Crippen molar-refractivity contribution in [1.29, 1.82) is 0 Å². The fourth-order valence-electron chi connectivity index (χ4n) is 5.11. The fourth-order valence-corrected chi connectivity index (χ4v) is 5.11. The lowest BCUT2D eigenvalue weighted by atomic mass is 10.0. The van der Waals surface area contributed by atoms with Crippen LogP contribution >= 0.6 is 0 Å². The van der Waals surface area contributed by atoms with Crippen LogP contribution in [0.2, 0.25) is 0 Å². The number of rotatable bonds is 7. The molecule has 9 heteroatoms. The van der Waals surface area contributed by atoms with Crippen molar-refractivity contribution in [2.24, 2.45) is 0 Å². The number of carbonyl (C=O) groups is 2. The summed E-state index contributed by atoms with van der Waals surface area (Å²) < 4.78 is 21.6. The van der Waals surface area contributed by atoms with Gasteiger partial charge in [-0.25, -0.2) is 0 Å². The maximum atomic E-state index is 13.8. The summed E-state index contributed by atoms with van der Waals surface area (Å²) in [6, 6.07) is 17.0. The zero-order valence-electron chi connectivity index (χ0n) is 22.5. The molecule has 0 radical (unpaired) electrons. The molecule has 3 aromatic carbocycles. The largest absolute Gasteiger partial charge is 0.493 e. The topological polar surface area (TPSA) is 89.6 Å². The van der Waals surface area contributed by atoms with Gasteiger partial charge in [-0.1, -0.05) is 24.3 Å². The third-order valence-electron chi connectivity index (χ3n) is 7.12. The molecule has 0 aliphatic carbocycles. The third-order valence-corrected chi connectivity index (χ3v) is 7.12. The monoisotopic (exact) mass is 531 g/mol. The Hall–Kier alpha value is -4.08. The van der Waals surface area contributed by atoms with Crippen LogP contribution in [0.3, 0.4) is 0 Å². The van der Waals surface area contributed by atoms with E-state index in [1.165, 1.54) is 21.3 Å². The summed E-state index contributed by atoms with van der Waals surface area (Å²) in [7, 11) is 4.53. The lowest BCUT2D eigenvalue weighted by Gasteiger charge is -2.30. The van der Waals surface area contributed by atoms with Crippen LogP contribution in [0.15, 0.2) is 54.6 Å². The van der Waals surface area contributed by atoms with Crippen molar-refractivity contribution in [3.8, 4) is 17.2 Å². The highest BCUT2D eigenvalue weighted by Gasteiger charge is 2.28. The van der Waals surface area contributed by atoms with Crippen LogP contribution in [0, 0.1) is 0 Å². The van der Waals surface area contributed by atoms with Gasteiger partial charge in [0.25, 0.3) is 5.91 Å². The van der Waals surface area contributed by atoms with Gasteiger partial charge in [-0.05, 0) is 54.3 Å². The Labute approximate surface area is 228 Å². The number of methoxy groups -OCH3 is 3. The van der Waals surface area contributed by atoms with Gasteiger partial charge in [0.15, 0.2) is 11.5 Å². The van der Waals surface area contributed by atoms with Gasteiger partial charge < -0.3 is 24.3 Å². The molecule has 0 bridgehead atoms. The first kappa shape index (κ1) is 26.5. The number of para-hydroxylation sites is 1. The maximum absolute atomic E-state index is 13.8. The molecule has 2 heterocycles. The van der Waals surface area contributed by atoms with Gasteiger partial charge in [-0.15, -0.1) is 0 Å². The standard InChI is InChI=1S/C30H33N3O6/c1-36-26-16-22(17-27(37-2)29(26)38-3)30(35)31-23-11-10-21-9-8-20-6-4-5-7-24(20)33(25(21)18-23)28(34)19-32-12-14-39-15-13-32/h4-7,10-11,16-18H,8-9,12-15,19H2,1-3H3,(H,31,35).